The number of carbonyl (C=O) groups is 2. The van der Waals surface area contributed by atoms with Gasteiger partial charge in [0, 0.05) is 5.39 Å². The van der Waals surface area contributed by atoms with Gasteiger partial charge in [0.2, 0.25) is 0 Å². The lowest BCUT2D eigenvalue weighted by molar-refractivity contribution is -0.153. The molecule has 0 saturated heterocycles. The molecule has 1 N–H and O–H groups in total. The Morgan fingerprint density at radius 2 is 1.74 bits per heavy atom. The lowest BCUT2D eigenvalue weighted by atomic mass is 10.2. The maximum atomic E-state index is 12.2. The van der Waals surface area contributed by atoms with Crippen LogP contribution in [0.2, 0.25) is 0 Å². The van der Waals surface area contributed by atoms with Crippen molar-refractivity contribution in [1.29, 1.82) is 0 Å². The standard InChI is InChI=1S/C21H21NO5/c1-21(2,3)27-19(23)13-22-20(24)18-12-14-11-16(9-10-17(14)26-18)25-15-7-5-4-6-8-15/h4-12H,13H2,1-3H3,(H,22,24). The first-order chi connectivity index (χ1) is 12.8. The van der Waals surface area contributed by atoms with Gasteiger partial charge in [-0.1, -0.05) is 18.2 Å². The van der Waals surface area contributed by atoms with Crippen molar-refractivity contribution in [3.05, 3.63) is 60.4 Å². The van der Waals surface area contributed by atoms with Crippen molar-refractivity contribution in [3.8, 4) is 11.5 Å². The molecule has 0 fully saturated rings. The summed E-state index contributed by atoms with van der Waals surface area (Å²) in [7, 11) is 0. The predicted octanol–water partition coefficient (Wildman–Crippen LogP) is 4.30. The molecule has 0 aliphatic rings. The molecule has 0 aliphatic heterocycles. The van der Waals surface area contributed by atoms with Crippen LogP contribution in [0, 0.1) is 0 Å². The largest absolute Gasteiger partial charge is 0.459 e. The fourth-order valence-corrected chi connectivity index (χ4v) is 2.44. The van der Waals surface area contributed by atoms with E-state index in [1.807, 2.05) is 30.3 Å². The second-order valence-electron chi connectivity index (χ2n) is 6.99. The molecule has 0 saturated carbocycles. The maximum Gasteiger partial charge on any atom is 0.325 e. The Morgan fingerprint density at radius 3 is 2.44 bits per heavy atom. The topological polar surface area (TPSA) is 77.8 Å². The van der Waals surface area contributed by atoms with Crippen LogP contribution in [0.1, 0.15) is 31.3 Å². The van der Waals surface area contributed by atoms with Gasteiger partial charge < -0.3 is 19.2 Å². The summed E-state index contributed by atoms with van der Waals surface area (Å²) in [4.78, 5) is 23.9. The summed E-state index contributed by atoms with van der Waals surface area (Å²) in [5, 5.41) is 3.23. The average Bonchev–Trinajstić information content (AvgIpc) is 3.02. The minimum absolute atomic E-state index is 0.116. The molecule has 2 aromatic carbocycles. The van der Waals surface area contributed by atoms with E-state index in [2.05, 4.69) is 5.32 Å². The van der Waals surface area contributed by atoms with E-state index in [4.69, 9.17) is 13.9 Å². The number of benzene rings is 2. The van der Waals surface area contributed by atoms with Crippen LogP contribution in [-0.2, 0) is 9.53 Å². The highest BCUT2D eigenvalue weighted by Crippen LogP contribution is 2.27. The van der Waals surface area contributed by atoms with Crippen LogP contribution >= 0.6 is 0 Å². The average molecular weight is 367 g/mol. The van der Waals surface area contributed by atoms with Crippen molar-refractivity contribution in [3.63, 3.8) is 0 Å². The van der Waals surface area contributed by atoms with Crippen molar-refractivity contribution in [1.82, 2.24) is 5.32 Å². The van der Waals surface area contributed by atoms with Crippen LogP contribution in [-0.4, -0.2) is 24.0 Å². The number of furan rings is 1. The molecule has 140 valence electrons. The summed E-state index contributed by atoms with van der Waals surface area (Å²) >= 11 is 0. The van der Waals surface area contributed by atoms with Gasteiger partial charge >= 0.3 is 5.97 Å². The first kappa shape index (κ1) is 18.5. The highest BCUT2D eigenvalue weighted by molar-refractivity contribution is 5.97. The first-order valence-electron chi connectivity index (χ1n) is 8.57. The zero-order valence-corrected chi connectivity index (χ0v) is 15.4. The number of rotatable bonds is 5. The number of fused-ring (bicyclic) bond motifs is 1. The van der Waals surface area contributed by atoms with E-state index in [9.17, 15) is 9.59 Å². The highest BCUT2D eigenvalue weighted by atomic mass is 16.6. The molecule has 1 aromatic heterocycles. The number of amides is 1. The van der Waals surface area contributed by atoms with Gasteiger partial charge in [-0.3, -0.25) is 9.59 Å². The van der Waals surface area contributed by atoms with Gasteiger partial charge in [0.15, 0.2) is 5.76 Å². The van der Waals surface area contributed by atoms with Gasteiger partial charge in [0.05, 0.1) is 0 Å². The van der Waals surface area contributed by atoms with Gasteiger partial charge in [-0.2, -0.15) is 0 Å². The van der Waals surface area contributed by atoms with Gasteiger partial charge in [0.1, 0.15) is 29.2 Å². The number of para-hydroxylation sites is 1. The van der Waals surface area contributed by atoms with Crippen LogP contribution in [0.4, 0.5) is 0 Å². The number of esters is 1. The lowest BCUT2D eigenvalue weighted by Crippen LogP contribution is -2.34. The number of ether oxygens (including phenoxy) is 2. The molecule has 0 bridgehead atoms. The van der Waals surface area contributed by atoms with E-state index in [0.29, 0.717) is 11.3 Å². The second kappa shape index (κ2) is 7.53. The van der Waals surface area contributed by atoms with Crippen molar-refractivity contribution >= 4 is 22.8 Å². The van der Waals surface area contributed by atoms with Crippen LogP contribution in [0.15, 0.2) is 59.0 Å². The van der Waals surface area contributed by atoms with Crippen LogP contribution < -0.4 is 10.1 Å². The molecule has 1 amide bonds. The summed E-state index contributed by atoms with van der Waals surface area (Å²) in [6, 6.07) is 16.3. The smallest absolute Gasteiger partial charge is 0.325 e. The molecule has 0 aliphatic carbocycles. The summed E-state index contributed by atoms with van der Waals surface area (Å²) in [6.07, 6.45) is 0. The summed E-state index contributed by atoms with van der Waals surface area (Å²) in [5.41, 5.74) is -0.0473. The van der Waals surface area contributed by atoms with E-state index >= 15 is 0 Å². The van der Waals surface area contributed by atoms with Crippen LogP contribution in [0.3, 0.4) is 0 Å². The van der Waals surface area contributed by atoms with Crippen molar-refractivity contribution in [2.24, 2.45) is 0 Å². The molecule has 1 heterocycles. The molecule has 0 atom stereocenters. The molecule has 0 spiro atoms. The summed E-state index contributed by atoms with van der Waals surface area (Å²) < 4.78 is 16.5. The Balaban J connectivity index is 1.67. The zero-order valence-electron chi connectivity index (χ0n) is 15.4. The van der Waals surface area contributed by atoms with Gasteiger partial charge in [-0.15, -0.1) is 0 Å². The third kappa shape index (κ3) is 5.10. The number of carbonyl (C=O) groups excluding carboxylic acids is 2. The van der Waals surface area contributed by atoms with Gasteiger partial charge in [-0.25, -0.2) is 0 Å². The normalized spacial score (nSPS) is 11.2. The third-order valence-corrected chi connectivity index (χ3v) is 3.50. The Kier molecular flexibility index (Phi) is 5.16. The predicted molar refractivity (Wildman–Crippen MR) is 101 cm³/mol. The number of nitrogens with one attached hydrogen (secondary N) is 1. The van der Waals surface area contributed by atoms with Crippen LogP contribution in [0.25, 0.3) is 11.0 Å². The Morgan fingerprint density at radius 1 is 1.00 bits per heavy atom. The quantitative estimate of drug-likeness (QED) is 0.681. The minimum Gasteiger partial charge on any atom is -0.459 e. The van der Waals surface area contributed by atoms with E-state index in [1.54, 1.807) is 45.0 Å². The fraction of sp³-hybridized carbons (Fsp3) is 0.238. The second-order valence-corrected chi connectivity index (χ2v) is 6.99. The summed E-state index contributed by atoms with van der Waals surface area (Å²) in [6.45, 7) is 5.07. The SMILES string of the molecule is CC(C)(C)OC(=O)CNC(=O)c1cc2cc(Oc3ccccc3)ccc2o1. The number of hydrogen-bond acceptors (Lipinski definition) is 5. The molecule has 27 heavy (non-hydrogen) atoms. The van der Waals surface area contributed by atoms with E-state index in [0.717, 1.165) is 11.1 Å². The number of hydrogen-bond donors (Lipinski definition) is 1. The Labute approximate surface area is 157 Å². The van der Waals surface area contributed by atoms with E-state index in [1.165, 1.54) is 0 Å². The van der Waals surface area contributed by atoms with Crippen molar-refractivity contribution in [2.75, 3.05) is 6.54 Å². The molecule has 0 unspecified atom stereocenters. The van der Waals surface area contributed by atoms with Gasteiger partial charge in [0.25, 0.3) is 5.91 Å². The van der Waals surface area contributed by atoms with E-state index in [-0.39, 0.29) is 12.3 Å². The van der Waals surface area contributed by atoms with E-state index < -0.39 is 17.5 Å². The molecular weight excluding hydrogens is 346 g/mol. The Bertz CT molecular complexity index is 954. The molecule has 0 radical (unpaired) electrons. The molecule has 6 heteroatoms. The van der Waals surface area contributed by atoms with Crippen molar-refractivity contribution in [2.45, 2.75) is 26.4 Å². The molecular formula is C21H21NO5. The molecule has 6 nitrogen and oxygen atoms in total. The zero-order chi connectivity index (χ0) is 19.4. The molecule has 3 rings (SSSR count). The molecule has 3 aromatic rings. The lowest BCUT2D eigenvalue weighted by Gasteiger charge is -2.19. The fourth-order valence-electron chi connectivity index (χ4n) is 2.44. The third-order valence-electron chi connectivity index (χ3n) is 3.50. The summed E-state index contributed by atoms with van der Waals surface area (Å²) in [5.74, 6) is 0.476. The van der Waals surface area contributed by atoms with Gasteiger partial charge in [-0.05, 0) is 57.2 Å². The first-order valence-corrected chi connectivity index (χ1v) is 8.57. The Hall–Kier alpha value is -3.28. The monoisotopic (exact) mass is 367 g/mol. The maximum absolute atomic E-state index is 12.2. The highest BCUT2D eigenvalue weighted by Gasteiger charge is 2.18. The van der Waals surface area contributed by atoms with Crippen molar-refractivity contribution < 1.29 is 23.5 Å². The minimum atomic E-state index is -0.601. The van der Waals surface area contributed by atoms with Crippen LogP contribution in [0.5, 0.6) is 11.5 Å².